The van der Waals surface area contributed by atoms with Crippen molar-refractivity contribution in [2.75, 3.05) is 19.8 Å². The molecule has 3 rings (SSSR count). The second-order valence-corrected chi connectivity index (χ2v) is 5.16. The van der Waals surface area contributed by atoms with Gasteiger partial charge in [0.1, 0.15) is 19.0 Å². The lowest BCUT2D eigenvalue weighted by Gasteiger charge is -2.19. The number of fused-ring (bicyclic) bond motifs is 1. The van der Waals surface area contributed by atoms with Crippen molar-refractivity contribution < 1.29 is 13.9 Å². The molecule has 1 aromatic carbocycles. The Hall–Kier alpha value is -1.94. The summed E-state index contributed by atoms with van der Waals surface area (Å²) in [6, 6.07) is 10.4. The van der Waals surface area contributed by atoms with Gasteiger partial charge < -0.3 is 19.2 Å². The summed E-state index contributed by atoms with van der Waals surface area (Å²) in [5.74, 6) is 2.71. The van der Waals surface area contributed by atoms with Crippen molar-refractivity contribution in [3.05, 3.63) is 47.9 Å². The Bertz CT molecular complexity index is 565. The largest absolute Gasteiger partial charge is 0.486 e. The summed E-state index contributed by atoms with van der Waals surface area (Å²) < 4.78 is 16.6. The normalized spacial score (nSPS) is 14.9. The maximum absolute atomic E-state index is 5.61. The van der Waals surface area contributed by atoms with Crippen molar-refractivity contribution in [2.45, 2.75) is 25.8 Å². The van der Waals surface area contributed by atoms with E-state index in [1.54, 1.807) is 6.26 Å². The van der Waals surface area contributed by atoms with Crippen molar-refractivity contribution >= 4 is 0 Å². The van der Waals surface area contributed by atoms with Crippen LogP contribution in [0.15, 0.2) is 41.0 Å². The topological polar surface area (TPSA) is 43.6 Å². The first-order valence-corrected chi connectivity index (χ1v) is 7.52. The van der Waals surface area contributed by atoms with Gasteiger partial charge in [-0.25, -0.2) is 0 Å². The van der Waals surface area contributed by atoms with Gasteiger partial charge in [-0.2, -0.15) is 0 Å². The standard InChI is InChI=1S/C17H21NO3/c1-2-14(15-4-3-9-19-15)18-8-7-13-5-6-16-17(12-13)21-11-10-20-16/h3-6,9,12,14,18H,2,7-8,10-11H2,1H3. The number of rotatable bonds is 6. The summed E-state index contributed by atoms with van der Waals surface area (Å²) in [4.78, 5) is 0. The molecule has 1 aliphatic heterocycles. The zero-order valence-electron chi connectivity index (χ0n) is 12.3. The van der Waals surface area contributed by atoms with Crippen LogP contribution in [0.4, 0.5) is 0 Å². The van der Waals surface area contributed by atoms with E-state index in [0.717, 1.165) is 36.6 Å². The Labute approximate surface area is 125 Å². The predicted molar refractivity (Wildman–Crippen MR) is 80.9 cm³/mol. The zero-order valence-corrected chi connectivity index (χ0v) is 12.3. The summed E-state index contributed by atoms with van der Waals surface area (Å²) in [5.41, 5.74) is 1.25. The fourth-order valence-electron chi connectivity index (χ4n) is 2.57. The van der Waals surface area contributed by atoms with E-state index in [2.05, 4.69) is 24.4 Å². The molecule has 1 aliphatic rings. The monoisotopic (exact) mass is 287 g/mol. The summed E-state index contributed by atoms with van der Waals surface area (Å²) in [5, 5.41) is 3.53. The van der Waals surface area contributed by atoms with Crippen LogP contribution >= 0.6 is 0 Å². The molecular weight excluding hydrogens is 266 g/mol. The van der Waals surface area contributed by atoms with E-state index >= 15 is 0 Å². The van der Waals surface area contributed by atoms with Crippen LogP contribution in [0.2, 0.25) is 0 Å². The van der Waals surface area contributed by atoms with E-state index in [1.165, 1.54) is 5.56 Å². The Morgan fingerprint density at radius 1 is 1.14 bits per heavy atom. The third-order valence-corrected chi connectivity index (χ3v) is 3.71. The molecule has 1 N–H and O–H groups in total. The lowest BCUT2D eigenvalue weighted by atomic mass is 10.1. The Kier molecular flexibility index (Phi) is 4.46. The first kappa shape index (κ1) is 14.0. The van der Waals surface area contributed by atoms with Crippen LogP contribution in [0.25, 0.3) is 0 Å². The molecular formula is C17H21NO3. The molecule has 4 nitrogen and oxygen atoms in total. The van der Waals surface area contributed by atoms with Gasteiger partial charge in [-0.1, -0.05) is 13.0 Å². The summed E-state index contributed by atoms with van der Waals surface area (Å²) >= 11 is 0. The maximum atomic E-state index is 5.61. The highest BCUT2D eigenvalue weighted by Crippen LogP contribution is 2.30. The smallest absolute Gasteiger partial charge is 0.161 e. The van der Waals surface area contributed by atoms with E-state index in [9.17, 15) is 0 Å². The van der Waals surface area contributed by atoms with E-state index < -0.39 is 0 Å². The molecule has 0 saturated carbocycles. The molecule has 0 spiro atoms. The summed E-state index contributed by atoms with van der Waals surface area (Å²) in [6.07, 6.45) is 3.68. The molecule has 21 heavy (non-hydrogen) atoms. The summed E-state index contributed by atoms with van der Waals surface area (Å²) in [6.45, 7) is 4.32. The SMILES string of the molecule is CCC(NCCc1ccc2c(c1)OCCO2)c1ccco1. The first-order chi connectivity index (χ1) is 10.4. The summed E-state index contributed by atoms with van der Waals surface area (Å²) in [7, 11) is 0. The molecule has 112 valence electrons. The van der Waals surface area contributed by atoms with Gasteiger partial charge in [0, 0.05) is 0 Å². The molecule has 2 aromatic rings. The highest BCUT2D eigenvalue weighted by molar-refractivity contribution is 5.43. The number of hydrogen-bond donors (Lipinski definition) is 1. The molecule has 4 heteroatoms. The maximum Gasteiger partial charge on any atom is 0.161 e. The van der Waals surface area contributed by atoms with Gasteiger partial charge >= 0.3 is 0 Å². The van der Waals surface area contributed by atoms with Crippen LogP contribution in [-0.4, -0.2) is 19.8 Å². The van der Waals surface area contributed by atoms with E-state index in [4.69, 9.17) is 13.9 Å². The van der Waals surface area contributed by atoms with Crippen LogP contribution in [0.1, 0.15) is 30.7 Å². The van der Waals surface area contributed by atoms with Gasteiger partial charge in [0.25, 0.3) is 0 Å². The van der Waals surface area contributed by atoms with Crippen molar-refractivity contribution in [2.24, 2.45) is 0 Å². The first-order valence-electron chi connectivity index (χ1n) is 7.52. The minimum atomic E-state index is 0.275. The Morgan fingerprint density at radius 2 is 2.00 bits per heavy atom. The average molecular weight is 287 g/mol. The Balaban J connectivity index is 1.55. The van der Waals surface area contributed by atoms with E-state index in [1.807, 2.05) is 18.2 Å². The lowest BCUT2D eigenvalue weighted by Crippen LogP contribution is -2.23. The van der Waals surface area contributed by atoms with Crippen LogP contribution in [-0.2, 0) is 6.42 Å². The minimum Gasteiger partial charge on any atom is -0.486 e. The lowest BCUT2D eigenvalue weighted by molar-refractivity contribution is 0.171. The molecule has 0 saturated heterocycles. The second kappa shape index (κ2) is 6.68. The highest BCUT2D eigenvalue weighted by atomic mass is 16.6. The van der Waals surface area contributed by atoms with Crippen molar-refractivity contribution in [3.63, 3.8) is 0 Å². The van der Waals surface area contributed by atoms with E-state index in [0.29, 0.717) is 13.2 Å². The fourth-order valence-corrected chi connectivity index (χ4v) is 2.57. The van der Waals surface area contributed by atoms with Crippen LogP contribution < -0.4 is 14.8 Å². The number of furan rings is 1. The molecule has 1 unspecified atom stereocenters. The molecule has 2 heterocycles. The van der Waals surface area contributed by atoms with Gasteiger partial charge in [0.15, 0.2) is 11.5 Å². The number of ether oxygens (including phenoxy) is 2. The highest BCUT2D eigenvalue weighted by Gasteiger charge is 2.13. The third kappa shape index (κ3) is 3.39. The Morgan fingerprint density at radius 3 is 2.76 bits per heavy atom. The fraction of sp³-hybridized carbons (Fsp3) is 0.412. The van der Waals surface area contributed by atoms with Crippen molar-refractivity contribution in [1.82, 2.24) is 5.32 Å². The number of nitrogens with one attached hydrogen (secondary N) is 1. The zero-order chi connectivity index (χ0) is 14.5. The van der Waals surface area contributed by atoms with Gasteiger partial charge in [0.05, 0.1) is 12.3 Å². The third-order valence-electron chi connectivity index (χ3n) is 3.71. The molecule has 0 aliphatic carbocycles. The molecule has 1 aromatic heterocycles. The molecule has 0 bridgehead atoms. The molecule has 1 atom stereocenters. The molecule has 0 radical (unpaired) electrons. The van der Waals surface area contributed by atoms with Gasteiger partial charge in [-0.15, -0.1) is 0 Å². The molecule has 0 fully saturated rings. The van der Waals surface area contributed by atoms with Crippen molar-refractivity contribution in [3.8, 4) is 11.5 Å². The van der Waals surface area contributed by atoms with Crippen molar-refractivity contribution in [1.29, 1.82) is 0 Å². The minimum absolute atomic E-state index is 0.275. The van der Waals surface area contributed by atoms with Gasteiger partial charge in [-0.05, 0) is 49.2 Å². The predicted octanol–water partition coefficient (Wildman–Crippen LogP) is 3.33. The molecule has 0 amide bonds. The van der Waals surface area contributed by atoms with Gasteiger partial charge in [0.2, 0.25) is 0 Å². The van der Waals surface area contributed by atoms with Gasteiger partial charge in [-0.3, -0.25) is 0 Å². The number of benzene rings is 1. The quantitative estimate of drug-likeness (QED) is 0.885. The van der Waals surface area contributed by atoms with Crippen LogP contribution in [0, 0.1) is 0 Å². The van der Waals surface area contributed by atoms with E-state index in [-0.39, 0.29) is 6.04 Å². The number of hydrogen-bond acceptors (Lipinski definition) is 4. The van der Waals surface area contributed by atoms with Crippen LogP contribution in [0.3, 0.4) is 0 Å². The second-order valence-electron chi connectivity index (χ2n) is 5.16. The van der Waals surface area contributed by atoms with Crippen LogP contribution in [0.5, 0.6) is 11.5 Å². The average Bonchev–Trinajstić information content (AvgIpc) is 3.05.